The Morgan fingerprint density at radius 3 is 2.68 bits per heavy atom. The minimum absolute atomic E-state index is 0.0627. The van der Waals surface area contributed by atoms with Crippen LogP contribution in [-0.4, -0.2) is 24.9 Å². The van der Waals surface area contributed by atoms with Crippen molar-refractivity contribution in [1.29, 1.82) is 0 Å². The number of hydrogen-bond acceptors (Lipinski definition) is 6. The van der Waals surface area contributed by atoms with Gasteiger partial charge in [0.15, 0.2) is 16.8 Å². The van der Waals surface area contributed by atoms with Crippen molar-refractivity contribution in [2.24, 2.45) is 0 Å². The molecule has 31 heavy (non-hydrogen) atoms. The maximum atomic E-state index is 6.48. The molecule has 158 valence electrons. The van der Waals surface area contributed by atoms with Gasteiger partial charge in [0.25, 0.3) is 0 Å². The van der Waals surface area contributed by atoms with Crippen molar-refractivity contribution in [3.05, 3.63) is 75.9 Å². The summed E-state index contributed by atoms with van der Waals surface area (Å²) < 4.78 is 7.57. The van der Waals surface area contributed by atoms with Gasteiger partial charge < -0.3 is 4.52 Å². The summed E-state index contributed by atoms with van der Waals surface area (Å²) in [5.41, 5.74) is 1.92. The molecular formula is C22H19Cl2N5OS. The van der Waals surface area contributed by atoms with Crippen LogP contribution in [0.2, 0.25) is 10.0 Å². The van der Waals surface area contributed by atoms with Crippen LogP contribution in [0.25, 0.3) is 11.4 Å². The lowest BCUT2D eigenvalue weighted by Crippen LogP contribution is -2.05. The molecule has 0 saturated heterocycles. The highest BCUT2D eigenvalue weighted by atomic mass is 35.5. The lowest BCUT2D eigenvalue weighted by molar-refractivity contribution is 0.374. The predicted octanol–water partition coefficient (Wildman–Crippen LogP) is 6.41. The van der Waals surface area contributed by atoms with Crippen LogP contribution in [0.5, 0.6) is 0 Å². The standard InChI is InChI=1S/C22H19Cl2N5OS/c1-13(21-25-19(28-30-21)15-7-8-15)31-22-27-26-20(17-10-9-16(23)11-18(17)24)29(22)12-14-5-3-2-4-6-14/h2-6,9-11,13,15H,7-8,12H2,1H3/t13-/m0/s1. The summed E-state index contributed by atoms with van der Waals surface area (Å²) in [5, 5.41) is 14.9. The lowest BCUT2D eigenvalue weighted by Gasteiger charge is -2.13. The van der Waals surface area contributed by atoms with Gasteiger partial charge in [-0.25, -0.2) is 0 Å². The van der Waals surface area contributed by atoms with Crippen molar-refractivity contribution in [3.63, 3.8) is 0 Å². The topological polar surface area (TPSA) is 69.6 Å². The molecule has 0 spiro atoms. The average molecular weight is 472 g/mol. The van der Waals surface area contributed by atoms with Crippen molar-refractivity contribution < 1.29 is 4.52 Å². The highest BCUT2D eigenvalue weighted by Gasteiger charge is 2.30. The fraction of sp³-hybridized carbons (Fsp3) is 0.273. The highest BCUT2D eigenvalue weighted by molar-refractivity contribution is 7.99. The Hall–Kier alpha value is -2.35. The van der Waals surface area contributed by atoms with Gasteiger partial charge in [0.2, 0.25) is 5.89 Å². The van der Waals surface area contributed by atoms with E-state index in [1.807, 2.05) is 31.2 Å². The number of thioether (sulfide) groups is 1. The number of nitrogens with zero attached hydrogens (tertiary/aromatic N) is 5. The molecule has 0 N–H and O–H groups in total. The van der Waals surface area contributed by atoms with Crippen LogP contribution < -0.4 is 0 Å². The maximum Gasteiger partial charge on any atom is 0.239 e. The van der Waals surface area contributed by atoms with E-state index >= 15 is 0 Å². The third kappa shape index (κ3) is 4.49. The number of halogens is 2. The Morgan fingerprint density at radius 2 is 1.94 bits per heavy atom. The Balaban J connectivity index is 1.49. The van der Waals surface area contributed by atoms with Gasteiger partial charge in [0, 0.05) is 16.5 Å². The molecular weight excluding hydrogens is 453 g/mol. The quantitative estimate of drug-likeness (QED) is 0.290. The summed E-state index contributed by atoms with van der Waals surface area (Å²) in [6.45, 7) is 2.64. The molecule has 0 aliphatic heterocycles. The molecule has 0 unspecified atom stereocenters. The molecule has 2 aromatic carbocycles. The summed E-state index contributed by atoms with van der Waals surface area (Å²) in [5.74, 6) is 2.55. The van der Waals surface area contributed by atoms with E-state index in [0.717, 1.165) is 34.9 Å². The van der Waals surface area contributed by atoms with Gasteiger partial charge in [-0.3, -0.25) is 4.57 Å². The van der Waals surface area contributed by atoms with Gasteiger partial charge in [-0.15, -0.1) is 10.2 Å². The van der Waals surface area contributed by atoms with E-state index in [9.17, 15) is 0 Å². The summed E-state index contributed by atoms with van der Waals surface area (Å²) in [4.78, 5) is 4.58. The molecule has 1 saturated carbocycles. The van der Waals surface area contributed by atoms with E-state index in [1.165, 1.54) is 11.8 Å². The van der Waals surface area contributed by atoms with Gasteiger partial charge in [-0.2, -0.15) is 4.98 Å². The normalized spacial score (nSPS) is 14.7. The van der Waals surface area contributed by atoms with Crippen molar-refractivity contribution in [1.82, 2.24) is 24.9 Å². The second kappa shape index (κ2) is 8.65. The zero-order valence-corrected chi connectivity index (χ0v) is 19.0. The second-order valence-electron chi connectivity index (χ2n) is 7.53. The largest absolute Gasteiger partial charge is 0.338 e. The van der Waals surface area contributed by atoms with Crippen LogP contribution in [0.4, 0.5) is 0 Å². The van der Waals surface area contributed by atoms with Gasteiger partial charge in [-0.1, -0.05) is 70.5 Å². The molecule has 1 fully saturated rings. The Bertz CT molecular complexity index is 1210. The van der Waals surface area contributed by atoms with Crippen LogP contribution in [-0.2, 0) is 6.54 Å². The molecule has 2 heterocycles. The van der Waals surface area contributed by atoms with E-state index < -0.39 is 0 Å². The highest BCUT2D eigenvalue weighted by Crippen LogP contribution is 2.41. The number of rotatable bonds is 7. The van der Waals surface area contributed by atoms with Crippen LogP contribution >= 0.6 is 35.0 Å². The maximum absolute atomic E-state index is 6.48. The zero-order valence-electron chi connectivity index (χ0n) is 16.7. The Labute approximate surface area is 194 Å². The van der Waals surface area contributed by atoms with E-state index in [2.05, 4.69) is 37.0 Å². The zero-order chi connectivity index (χ0) is 21.4. The molecule has 1 aliphatic rings. The van der Waals surface area contributed by atoms with Crippen molar-refractivity contribution >= 4 is 35.0 Å². The molecule has 2 aromatic heterocycles. The van der Waals surface area contributed by atoms with Gasteiger partial charge in [0.1, 0.15) is 0 Å². The molecule has 1 atom stereocenters. The first-order valence-corrected chi connectivity index (χ1v) is 11.6. The minimum atomic E-state index is -0.0627. The molecule has 4 aromatic rings. The first-order chi connectivity index (χ1) is 15.1. The van der Waals surface area contributed by atoms with Gasteiger partial charge in [0.05, 0.1) is 16.8 Å². The minimum Gasteiger partial charge on any atom is -0.338 e. The SMILES string of the molecule is C[C@H](Sc1nnc(-c2ccc(Cl)cc2Cl)n1Cc1ccccc1)c1nc(C2CC2)no1. The number of benzene rings is 2. The fourth-order valence-electron chi connectivity index (χ4n) is 3.28. The molecule has 9 heteroatoms. The summed E-state index contributed by atoms with van der Waals surface area (Å²) in [6, 6.07) is 15.6. The van der Waals surface area contributed by atoms with Gasteiger partial charge in [-0.05, 0) is 43.5 Å². The molecule has 6 nitrogen and oxygen atoms in total. The Morgan fingerprint density at radius 1 is 1.13 bits per heavy atom. The average Bonchev–Trinajstić information content (AvgIpc) is 3.37. The molecule has 0 bridgehead atoms. The summed E-state index contributed by atoms with van der Waals surface area (Å²) >= 11 is 14.1. The number of aromatic nitrogens is 5. The monoisotopic (exact) mass is 471 g/mol. The van der Waals surface area contributed by atoms with Crippen molar-refractivity contribution in [2.75, 3.05) is 0 Å². The molecule has 0 amide bonds. The van der Waals surface area contributed by atoms with E-state index in [4.69, 9.17) is 27.7 Å². The summed E-state index contributed by atoms with van der Waals surface area (Å²) in [7, 11) is 0. The molecule has 1 aliphatic carbocycles. The van der Waals surface area contributed by atoms with Gasteiger partial charge >= 0.3 is 0 Å². The van der Waals surface area contributed by atoms with Crippen LogP contribution in [0.3, 0.4) is 0 Å². The second-order valence-corrected chi connectivity index (χ2v) is 9.68. The van der Waals surface area contributed by atoms with E-state index in [0.29, 0.717) is 34.2 Å². The number of hydrogen-bond donors (Lipinski definition) is 0. The summed E-state index contributed by atoms with van der Waals surface area (Å²) in [6.07, 6.45) is 2.27. The molecule has 0 radical (unpaired) electrons. The van der Waals surface area contributed by atoms with Crippen LogP contribution in [0.15, 0.2) is 58.2 Å². The third-order valence-electron chi connectivity index (χ3n) is 5.10. The molecule has 5 rings (SSSR count). The van der Waals surface area contributed by atoms with Crippen molar-refractivity contribution in [2.45, 2.75) is 42.6 Å². The van der Waals surface area contributed by atoms with Crippen LogP contribution in [0.1, 0.15) is 48.2 Å². The van der Waals surface area contributed by atoms with E-state index in [-0.39, 0.29) is 5.25 Å². The van der Waals surface area contributed by atoms with Crippen molar-refractivity contribution in [3.8, 4) is 11.4 Å². The fourth-order valence-corrected chi connectivity index (χ4v) is 4.65. The Kier molecular flexibility index (Phi) is 5.73. The predicted molar refractivity (Wildman–Crippen MR) is 122 cm³/mol. The lowest BCUT2D eigenvalue weighted by atomic mass is 10.2. The van der Waals surface area contributed by atoms with E-state index in [1.54, 1.807) is 12.1 Å². The first kappa shape index (κ1) is 20.5. The first-order valence-electron chi connectivity index (χ1n) is 10.0. The smallest absolute Gasteiger partial charge is 0.239 e. The van der Waals surface area contributed by atoms with Crippen LogP contribution in [0, 0.1) is 0 Å². The third-order valence-corrected chi connectivity index (χ3v) is 6.72.